The number of quaternary nitrogens is 2. The van der Waals surface area contributed by atoms with Crippen LogP contribution in [0.4, 0.5) is 50.9 Å². The fourth-order valence-corrected chi connectivity index (χ4v) is 3.48. The van der Waals surface area contributed by atoms with Crippen molar-refractivity contribution in [1.29, 1.82) is 0 Å². The normalized spacial score (nSPS) is 10.7. The highest BCUT2D eigenvalue weighted by Crippen LogP contribution is 2.34. The first-order valence-electron chi connectivity index (χ1n) is 12.0. The standard InChI is InChI=1S/C12BF9O2.2C8H11N/c14-4-1(3(13(23)24)7(17)11(21)8(4)18)2-5(15)9(19)12(22)10(20)6(2)16;2*1-9(2)8-6-4-3-5-7-8/h;2*3-7H,1-2H3/q-2;;/p+2. The average molecular weight is 602 g/mol. The van der Waals surface area contributed by atoms with E-state index in [0.717, 1.165) is 0 Å². The van der Waals surface area contributed by atoms with Crippen molar-refractivity contribution in [2.75, 3.05) is 28.2 Å². The molecule has 0 aliphatic rings. The van der Waals surface area contributed by atoms with Gasteiger partial charge in [0.25, 0.3) is 0 Å². The molecule has 14 heteroatoms. The summed E-state index contributed by atoms with van der Waals surface area (Å²) in [5.74, 6) is -24.1. The summed E-state index contributed by atoms with van der Waals surface area (Å²) in [6.07, 6.45) is 0. The number of hydrogen-bond donors (Lipinski definition) is 2. The van der Waals surface area contributed by atoms with E-state index in [2.05, 4.69) is 76.7 Å². The minimum atomic E-state index is -3.67. The zero-order valence-electron chi connectivity index (χ0n) is 22.6. The highest BCUT2D eigenvalue weighted by atomic mass is 19.2. The van der Waals surface area contributed by atoms with Crippen LogP contribution in [0.1, 0.15) is 0 Å². The predicted octanol–water partition coefficient (Wildman–Crippen LogP) is 1.95. The number of rotatable bonds is 4. The number of benzene rings is 4. The van der Waals surface area contributed by atoms with E-state index < -0.39 is 76.1 Å². The molecule has 0 amide bonds. The van der Waals surface area contributed by atoms with Gasteiger partial charge in [-0.1, -0.05) is 49.0 Å². The molecule has 42 heavy (non-hydrogen) atoms. The molecule has 4 aromatic rings. The lowest BCUT2D eigenvalue weighted by Crippen LogP contribution is -3.00. The average Bonchev–Trinajstić information content (AvgIpc) is 2.98. The van der Waals surface area contributed by atoms with Crippen molar-refractivity contribution < 1.29 is 59.4 Å². The van der Waals surface area contributed by atoms with E-state index in [-0.39, 0.29) is 0 Å². The zero-order chi connectivity index (χ0) is 31.9. The Hall–Kier alpha value is -3.85. The molecule has 4 nitrogen and oxygen atoms in total. The largest absolute Gasteiger partial charge is 0.889 e. The van der Waals surface area contributed by atoms with Crippen molar-refractivity contribution in [3.8, 4) is 11.1 Å². The molecule has 0 bridgehead atoms. The Morgan fingerprint density at radius 1 is 0.429 bits per heavy atom. The van der Waals surface area contributed by atoms with E-state index in [9.17, 15) is 49.6 Å². The molecule has 0 aromatic heterocycles. The quantitative estimate of drug-likeness (QED) is 0.163. The van der Waals surface area contributed by atoms with Gasteiger partial charge < -0.3 is 19.8 Å². The van der Waals surface area contributed by atoms with Crippen LogP contribution < -0.4 is 25.3 Å². The summed E-state index contributed by atoms with van der Waals surface area (Å²) >= 11 is 0. The maximum Gasteiger partial charge on any atom is 0.200 e. The van der Waals surface area contributed by atoms with Crippen molar-refractivity contribution in [2.45, 2.75) is 0 Å². The molecule has 0 saturated heterocycles. The molecule has 4 rings (SSSR count). The smallest absolute Gasteiger partial charge is 0.200 e. The molecule has 0 saturated carbocycles. The van der Waals surface area contributed by atoms with E-state index in [1.54, 1.807) is 0 Å². The second-order valence-corrected chi connectivity index (χ2v) is 9.05. The van der Waals surface area contributed by atoms with Gasteiger partial charge in [0.15, 0.2) is 46.5 Å². The highest BCUT2D eigenvalue weighted by molar-refractivity contribution is 6.57. The minimum absolute atomic E-state index is 1.33. The van der Waals surface area contributed by atoms with Gasteiger partial charge >= 0.3 is 0 Å². The van der Waals surface area contributed by atoms with Crippen LogP contribution in [0.2, 0.25) is 0 Å². The van der Waals surface area contributed by atoms with E-state index in [4.69, 9.17) is 0 Å². The summed E-state index contributed by atoms with van der Waals surface area (Å²) < 4.78 is 120. The lowest BCUT2D eigenvalue weighted by molar-refractivity contribution is -0.786. The first-order chi connectivity index (χ1) is 19.6. The lowest BCUT2D eigenvalue weighted by atomic mass is 9.74. The maximum atomic E-state index is 13.7. The van der Waals surface area contributed by atoms with Gasteiger partial charge in [0.2, 0.25) is 5.82 Å². The summed E-state index contributed by atoms with van der Waals surface area (Å²) in [5.41, 5.74) is -3.97. The monoisotopic (exact) mass is 602 g/mol. The zero-order valence-corrected chi connectivity index (χ0v) is 22.6. The summed E-state index contributed by atoms with van der Waals surface area (Å²) in [6.45, 7) is 0. The molecule has 0 aliphatic heterocycles. The van der Waals surface area contributed by atoms with E-state index in [0.29, 0.717) is 0 Å². The van der Waals surface area contributed by atoms with Gasteiger partial charge in [0.05, 0.1) is 33.8 Å². The Balaban J connectivity index is 0.000000277. The second-order valence-electron chi connectivity index (χ2n) is 9.05. The number of hydrogen-bond acceptors (Lipinski definition) is 2. The number of halogens is 9. The Kier molecular flexibility index (Phi) is 12.2. The van der Waals surface area contributed by atoms with Gasteiger partial charge in [-0.25, -0.2) is 39.5 Å². The topological polar surface area (TPSA) is 55.0 Å². The molecular formula is C28H24BF9N2O2. The first-order valence-corrected chi connectivity index (χ1v) is 12.0. The van der Waals surface area contributed by atoms with Crippen LogP contribution in [-0.4, -0.2) is 35.3 Å². The van der Waals surface area contributed by atoms with Crippen LogP contribution in [0.25, 0.3) is 11.1 Å². The molecule has 0 radical (unpaired) electrons. The van der Waals surface area contributed by atoms with Gasteiger partial charge in [-0.2, -0.15) is 0 Å². The van der Waals surface area contributed by atoms with Gasteiger partial charge in [-0.15, -0.1) is 0 Å². The third kappa shape index (κ3) is 7.70. The number of nitrogens with one attached hydrogen (secondary N) is 2. The third-order valence-corrected chi connectivity index (χ3v) is 5.70. The predicted molar refractivity (Wildman–Crippen MR) is 135 cm³/mol. The molecule has 2 N–H and O–H groups in total. The van der Waals surface area contributed by atoms with E-state index in [1.165, 1.54) is 21.2 Å². The van der Waals surface area contributed by atoms with Crippen molar-refractivity contribution in [3.05, 3.63) is 113 Å². The molecule has 0 heterocycles. The van der Waals surface area contributed by atoms with E-state index >= 15 is 0 Å². The van der Waals surface area contributed by atoms with Gasteiger partial charge in [-0.3, -0.25) is 0 Å². The van der Waals surface area contributed by atoms with E-state index in [1.807, 2.05) is 12.1 Å². The second kappa shape index (κ2) is 14.9. The van der Waals surface area contributed by atoms with Gasteiger partial charge in [0, 0.05) is 5.56 Å². The molecule has 224 valence electrons. The van der Waals surface area contributed by atoms with Crippen molar-refractivity contribution in [1.82, 2.24) is 0 Å². The molecule has 0 atom stereocenters. The SMILES string of the molecule is C[NH+](C)c1ccccc1.C[NH+](C)c1ccccc1.[O-]B([O-])c1c(F)c(F)c(F)c(F)c1-c1c(F)c(F)c(F)c(F)c1F. The molecule has 0 unspecified atom stereocenters. The Morgan fingerprint density at radius 3 is 1.00 bits per heavy atom. The highest BCUT2D eigenvalue weighted by Gasteiger charge is 2.33. The Labute approximate surface area is 236 Å². The molecule has 0 aliphatic carbocycles. The molecule has 0 spiro atoms. The van der Waals surface area contributed by atoms with Crippen molar-refractivity contribution >= 4 is 24.0 Å². The maximum absolute atomic E-state index is 13.7. The van der Waals surface area contributed by atoms with Crippen LogP contribution in [0.15, 0.2) is 60.7 Å². The lowest BCUT2D eigenvalue weighted by Gasteiger charge is -2.30. The number of para-hydroxylation sites is 2. The Bertz CT molecular complexity index is 1430. The molecule has 4 aromatic carbocycles. The Morgan fingerprint density at radius 2 is 0.714 bits per heavy atom. The molecular weight excluding hydrogens is 578 g/mol. The minimum Gasteiger partial charge on any atom is -0.889 e. The van der Waals surface area contributed by atoms with Crippen LogP contribution >= 0.6 is 0 Å². The molecule has 0 fully saturated rings. The fraction of sp³-hybridized carbons (Fsp3) is 0.143. The van der Waals surface area contributed by atoms with Gasteiger partial charge in [-0.05, 0) is 24.3 Å². The first kappa shape index (κ1) is 34.4. The van der Waals surface area contributed by atoms with Crippen molar-refractivity contribution in [3.63, 3.8) is 0 Å². The van der Waals surface area contributed by atoms with Crippen LogP contribution in [0.3, 0.4) is 0 Å². The van der Waals surface area contributed by atoms with Gasteiger partial charge in [0.1, 0.15) is 11.4 Å². The summed E-state index contributed by atoms with van der Waals surface area (Å²) in [4.78, 5) is 2.74. The summed E-state index contributed by atoms with van der Waals surface area (Å²) in [5, 5.41) is 21.7. The van der Waals surface area contributed by atoms with Crippen molar-refractivity contribution in [2.24, 2.45) is 0 Å². The summed E-state index contributed by atoms with van der Waals surface area (Å²) in [6, 6.07) is 20.8. The van der Waals surface area contributed by atoms with Crippen LogP contribution in [0.5, 0.6) is 0 Å². The third-order valence-electron chi connectivity index (χ3n) is 5.70. The van der Waals surface area contributed by atoms with Crippen LogP contribution in [-0.2, 0) is 0 Å². The fourth-order valence-electron chi connectivity index (χ4n) is 3.48. The summed E-state index contributed by atoms with van der Waals surface area (Å²) in [7, 11) is 4.81. The van der Waals surface area contributed by atoms with Crippen LogP contribution in [0, 0.1) is 52.4 Å².